The van der Waals surface area contributed by atoms with Crippen molar-refractivity contribution >= 4 is 49.1 Å². The molecule has 0 aliphatic heterocycles. The number of anilines is 3. The van der Waals surface area contributed by atoms with Gasteiger partial charge in [-0.3, -0.25) is 9.59 Å². The Morgan fingerprint density at radius 1 is 0.811 bits per heavy atom. The van der Waals surface area contributed by atoms with Gasteiger partial charge in [-0.05, 0) is 55.5 Å². The maximum atomic E-state index is 13.8. The fraction of sp³-hybridized carbons (Fsp3) is 0.217. The zero-order valence-electron chi connectivity index (χ0n) is 20.4. The van der Waals surface area contributed by atoms with E-state index in [9.17, 15) is 26.4 Å². The van der Waals surface area contributed by atoms with Crippen molar-refractivity contribution in [1.29, 1.82) is 0 Å². The molecule has 0 radical (unpaired) electrons. The number of carbonyl (C=O) groups excluding carboxylic acids is 2. The highest BCUT2D eigenvalue weighted by atomic mass is 32.3. The molecule has 0 saturated carbocycles. The molecule has 12 nitrogen and oxygen atoms in total. The number of nitrogens with one attached hydrogen (secondary N) is 2. The van der Waals surface area contributed by atoms with Crippen LogP contribution in [-0.2, 0) is 41.0 Å². The number of hydrogen-bond acceptors (Lipinski definition) is 9. The smallest absolute Gasteiger partial charge is 0.279 e. The number of hydrogen-bond donors (Lipinski definition) is 2. The second-order valence-corrected chi connectivity index (χ2v) is 11.6. The molecule has 14 heteroatoms. The Morgan fingerprint density at radius 3 is 1.62 bits per heavy atom. The molecule has 0 bridgehead atoms. The van der Waals surface area contributed by atoms with Crippen molar-refractivity contribution < 1.29 is 31.2 Å². The fourth-order valence-electron chi connectivity index (χ4n) is 3.29. The van der Waals surface area contributed by atoms with Gasteiger partial charge < -0.3 is 15.4 Å². The third-order valence-corrected chi connectivity index (χ3v) is 8.89. The Morgan fingerprint density at radius 2 is 1.24 bits per heavy atom. The Labute approximate surface area is 214 Å². The SMILES string of the molecule is COCc1nc(C)cc(N(S(=O)(=O)c2ccc(NC(C)=O)cc2)S(=O)(=O)c2ccc(NC(C)=O)cc2)n1. The predicted molar refractivity (Wildman–Crippen MR) is 136 cm³/mol. The average molecular weight is 548 g/mol. The summed E-state index contributed by atoms with van der Waals surface area (Å²) in [6, 6.07) is 11.3. The minimum Gasteiger partial charge on any atom is -0.377 e. The van der Waals surface area contributed by atoms with Crippen LogP contribution in [0.15, 0.2) is 64.4 Å². The molecule has 0 aliphatic carbocycles. The number of aromatic nitrogens is 2. The lowest BCUT2D eigenvalue weighted by molar-refractivity contribution is -0.115. The highest BCUT2D eigenvalue weighted by molar-refractivity contribution is 8.10. The van der Waals surface area contributed by atoms with Gasteiger partial charge in [0.15, 0.2) is 11.6 Å². The lowest BCUT2D eigenvalue weighted by Crippen LogP contribution is -2.38. The highest BCUT2D eigenvalue weighted by Crippen LogP contribution is 2.31. The molecule has 37 heavy (non-hydrogen) atoms. The van der Waals surface area contributed by atoms with Crippen molar-refractivity contribution in [3.05, 3.63) is 66.1 Å². The molecule has 2 N–H and O–H groups in total. The summed E-state index contributed by atoms with van der Waals surface area (Å²) in [5, 5.41) is 5.04. The minimum atomic E-state index is -4.75. The van der Waals surface area contributed by atoms with E-state index in [0.29, 0.717) is 17.1 Å². The summed E-state index contributed by atoms with van der Waals surface area (Å²) in [5.41, 5.74) is 0.971. The van der Waals surface area contributed by atoms with Gasteiger partial charge in [0.05, 0.1) is 9.79 Å². The maximum absolute atomic E-state index is 13.8. The van der Waals surface area contributed by atoms with Crippen molar-refractivity contribution in [2.75, 3.05) is 21.5 Å². The summed E-state index contributed by atoms with van der Waals surface area (Å²) in [4.78, 5) is 30.2. The summed E-state index contributed by atoms with van der Waals surface area (Å²) in [5.74, 6) is -1.04. The van der Waals surface area contributed by atoms with Gasteiger partial charge in [0, 0.05) is 44.1 Å². The summed E-state index contributed by atoms with van der Waals surface area (Å²) >= 11 is 0. The normalized spacial score (nSPS) is 11.6. The second kappa shape index (κ2) is 11.0. The lowest BCUT2D eigenvalue weighted by Gasteiger charge is -2.24. The van der Waals surface area contributed by atoms with Crippen LogP contribution >= 0.6 is 0 Å². The first-order chi connectivity index (χ1) is 17.3. The van der Waals surface area contributed by atoms with E-state index in [0.717, 1.165) is 0 Å². The first-order valence-corrected chi connectivity index (χ1v) is 13.6. The number of amides is 2. The van der Waals surface area contributed by atoms with Crippen molar-refractivity contribution in [2.24, 2.45) is 0 Å². The third kappa shape index (κ3) is 6.47. The van der Waals surface area contributed by atoms with Crippen LogP contribution in [-0.4, -0.2) is 45.7 Å². The van der Waals surface area contributed by atoms with E-state index in [-0.39, 0.29) is 37.7 Å². The molecule has 0 spiro atoms. The van der Waals surface area contributed by atoms with Crippen LogP contribution in [0.25, 0.3) is 0 Å². The zero-order valence-corrected chi connectivity index (χ0v) is 22.1. The van der Waals surface area contributed by atoms with E-state index in [1.54, 1.807) is 6.92 Å². The van der Waals surface area contributed by atoms with E-state index >= 15 is 0 Å². The molecule has 1 heterocycles. The lowest BCUT2D eigenvalue weighted by atomic mass is 10.3. The molecule has 0 unspecified atom stereocenters. The Balaban J connectivity index is 2.20. The Kier molecular flexibility index (Phi) is 8.25. The van der Waals surface area contributed by atoms with E-state index in [1.807, 2.05) is 0 Å². The first kappa shape index (κ1) is 27.7. The number of methoxy groups -OCH3 is 1. The molecule has 3 aromatic rings. The molecule has 1 aromatic heterocycles. The van der Waals surface area contributed by atoms with Gasteiger partial charge in [-0.1, -0.05) is 0 Å². The van der Waals surface area contributed by atoms with E-state index in [1.165, 1.54) is 75.6 Å². The number of aryl methyl sites for hydroxylation is 1. The van der Waals surface area contributed by atoms with Crippen molar-refractivity contribution in [2.45, 2.75) is 37.2 Å². The monoisotopic (exact) mass is 547 g/mol. The van der Waals surface area contributed by atoms with Gasteiger partial charge in [-0.2, -0.15) is 16.8 Å². The Hall–Kier alpha value is -3.88. The van der Waals surface area contributed by atoms with Gasteiger partial charge in [0.2, 0.25) is 11.8 Å². The number of benzene rings is 2. The van der Waals surface area contributed by atoms with E-state index in [4.69, 9.17) is 4.74 Å². The van der Waals surface area contributed by atoms with Gasteiger partial charge in [-0.15, -0.1) is 3.71 Å². The van der Waals surface area contributed by atoms with E-state index < -0.39 is 25.9 Å². The quantitative estimate of drug-likeness (QED) is 0.409. The molecule has 196 valence electrons. The molecule has 0 aliphatic rings. The van der Waals surface area contributed by atoms with Gasteiger partial charge in [0.1, 0.15) is 6.61 Å². The van der Waals surface area contributed by atoms with Gasteiger partial charge in [0.25, 0.3) is 20.0 Å². The molecule has 3 rings (SSSR count). The largest absolute Gasteiger partial charge is 0.377 e. The van der Waals surface area contributed by atoms with Crippen LogP contribution in [0.1, 0.15) is 25.4 Å². The van der Waals surface area contributed by atoms with Crippen LogP contribution in [0.5, 0.6) is 0 Å². The number of rotatable bonds is 9. The maximum Gasteiger partial charge on any atom is 0.279 e. The number of carbonyl (C=O) groups is 2. The number of nitrogens with zero attached hydrogens (tertiary/aromatic N) is 3. The van der Waals surface area contributed by atoms with Crippen LogP contribution in [0.4, 0.5) is 17.2 Å². The van der Waals surface area contributed by atoms with Gasteiger partial charge in [-0.25, -0.2) is 9.97 Å². The highest BCUT2D eigenvalue weighted by Gasteiger charge is 2.38. The molecular weight excluding hydrogens is 522 g/mol. The van der Waals surface area contributed by atoms with Crippen LogP contribution in [0.2, 0.25) is 0 Å². The molecule has 0 fully saturated rings. The van der Waals surface area contributed by atoms with Gasteiger partial charge >= 0.3 is 0 Å². The predicted octanol–water partition coefficient (Wildman–Crippen LogP) is 2.43. The minimum absolute atomic E-state index is 0.0786. The topological polar surface area (TPSA) is 165 Å². The summed E-state index contributed by atoms with van der Waals surface area (Å²) in [6.45, 7) is 4.07. The summed E-state index contributed by atoms with van der Waals surface area (Å²) in [7, 11) is -8.11. The number of ether oxygens (including phenoxy) is 1. The van der Waals surface area contributed by atoms with E-state index in [2.05, 4.69) is 20.6 Å². The third-order valence-electron chi connectivity index (χ3n) is 4.73. The van der Waals surface area contributed by atoms with Crippen molar-refractivity contribution in [3.63, 3.8) is 0 Å². The molecular formula is C23H25N5O7S2. The first-order valence-electron chi connectivity index (χ1n) is 10.7. The van der Waals surface area contributed by atoms with Crippen molar-refractivity contribution in [1.82, 2.24) is 9.97 Å². The van der Waals surface area contributed by atoms with Crippen LogP contribution in [0.3, 0.4) is 0 Å². The molecule has 2 amide bonds. The van der Waals surface area contributed by atoms with Crippen LogP contribution < -0.4 is 14.3 Å². The average Bonchev–Trinajstić information content (AvgIpc) is 2.78. The Bertz CT molecular complexity index is 1430. The molecule has 0 atom stereocenters. The fourth-order valence-corrected chi connectivity index (χ4v) is 6.87. The molecule has 2 aromatic carbocycles. The number of sulfonamides is 2. The van der Waals surface area contributed by atoms with Crippen molar-refractivity contribution in [3.8, 4) is 0 Å². The summed E-state index contributed by atoms with van der Waals surface area (Å²) in [6.07, 6.45) is 0. The van der Waals surface area contributed by atoms with Crippen LogP contribution in [0, 0.1) is 6.92 Å². The standard InChI is InChI=1S/C23H25N5O7S2/c1-15-13-23(27-22(24-15)14-35-4)28(36(31,32)20-9-5-18(6-10-20)25-16(2)29)37(33,34)21-11-7-19(8-12-21)26-17(3)30/h5-13H,14H2,1-4H3,(H,25,29)(H,26,30). The zero-order chi connectivity index (χ0) is 27.4. The second-order valence-electron chi connectivity index (χ2n) is 7.84. The summed E-state index contributed by atoms with van der Waals surface area (Å²) < 4.78 is 60.4. The molecule has 0 saturated heterocycles.